The fraction of sp³-hybridized carbons (Fsp3) is 0.321. The van der Waals surface area contributed by atoms with E-state index < -0.39 is 11.2 Å². The van der Waals surface area contributed by atoms with E-state index in [0.29, 0.717) is 6.42 Å². The number of anilines is 3. The first-order chi connectivity index (χ1) is 16.2. The van der Waals surface area contributed by atoms with Crippen molar-refractivity contribution in [2.75, 3.05) is 17.2 Å². The number of aromatic amines is 1. The molecule has 0 radical (unpaired) electrons. The topological polar surface area (TPSA) is 93.2 Å². The number of H-pyrrole nitrogens is 1. The molecule has 6 heteroatoms. The van der Waals surface area contributed by atoms with E-state index >= 15 is 0 Å². The second-order valence-corrected chi connectivity index (χ2v) is 9.94. The number of pyridine rings is 1. The molecule has 4 aromatic rings. The Hall–Kier alpha value is -3.35. The van der Waals surface area contributed by atoms with Crippen LogP contribution in [-0.4, -0.2) is 26.7 Å². The summed E-state index contributed by atoms with van der Waals surface area (Å²) in [7, 11) is 0. The zero-order valence-electron chi connectivity index (χ0n) is 19.9. The van der Waals surface area contributed by atoms with Gasteiger partial charge < -0.3 is 25.8 Å². The van der Waals surface area contributed by atoms with Crippen LogP contribution in [0.5, 0.6) is 0 Å². The molecule has 1 unspecified atom stereocenters. The van der Waals surface area contributed by atoms with Gasteiger partial charge in [0, 0.05) is 52.5 Å². The zero-order valence-corrected chi connectivity index (χ0v) is 19.9. The molecule has 0 saturated heterocycles. The molecular weight excluding hydrogens is 424 g/mol. The third-order valence-electron chi connectivity index (χ3n) is 6.78. The maximum absolute atomic E-state index is 10.5. The molecule has 0 amide bonds. The number of aromatic nitrogens is 2. The van der Waals surface area contributed by atoms with Crippen molar-refractivity contribution in [3.63, 3.8) is 0 Å². The highest BCUT2D eigenvalue weighted by atomic mass is 16.3. The summed E-state index contributed by atoms with van der Waals surface area (Å²) < 4.78 is 0. The lowest BCUT2D eigenvalue weighted by atomic mass is 9.95. The van der Waals surface area contributed by atoms with Crippen LogP contribution in [0.2, 0.25) is 0 Å². The number of aliphatic hydroxyl groups is 2. The third kappa shape index (κ3) is 4.27. The van der Waals surface area contributed by atoms with Crippen LogP contribution in [0.3, 0.4) is 0 Å². The predicted octanol–water partition coefficient (Wildman–Crippen LogP) is 5.34. The Labute approximate surface area is 200 Å². The molecule has 5 rings (SSSR count). The molecule has 2 aromatic heterocycles. The summed E-state index contributed by atoms with van der Waals surface area (Å²) in [6, 6.07) is 16.3. The number of hydrogen-bond acceptors (Lipinski definition) is 5. The van der Waals surface area contributed by atoms with Crippen LogP contribution in [0, 0.1) is 0 Å². The maximum Gasteiger partial charge on any atom is 0.104 e. The van der Waals surface area contributed by atoms with Crippen molar-refractivity contribution in [3.8, 4) is 0 Å². The summed E-state index contributed by atoms with van der Waals surface area (Å²) in [5.74, 6) is 0. The monoisotopic (exact) mass is 456 g/mol. The Morgan fingerprint density at radius 1 is 1.09 bits per heavy atom. The minimum absolute atomic E-state index is 0.701. The number of para-hydroxylation sites is 1. The van der Waals surface area contributed by atoms with E-state index in [-0.39, 0.29) is 0 Å². The minimum atomic E-state index is -0.885. The van der Waals surface area contributed by atoms with E-state index in [1.807, 2.05) is 45.2 Å². The van der Waals surface area contributed by atoms with E-state index in [1.54, 1.807) is 6.20 Å². The van der Waals surface area contributed by atoms with Crippen LogP contribution in [0.25, 0.3) is 10.9 Å². The van der Waals surface area contributed by atoms with E-state index in [4.69, 9.17) is 0 Å². The lowest BCUT2D eigenvalue weighted by Gasteiger charge is -2.18. The predicted molar refractivity (Wildman–Crippen MR) is 138 cm³/mol. The Kier molecular flexibility index (Phi) is 5.58. The van der Waals surface area contributed by atoms with Gasteiger partial charge in [0.15, 0.2) is 0 Å². The normalized spacial score (nSPS) is 17.7. The minimum Gasteiger partial charge on any atom is -0.386 e. The lowest BCUT2D eigenvalue weighted by molar-refractivity contribution is 0.0553. The molecule has 176 valence electrons. The summed E-state index contributed by atoms with van der Waals surface area (Å²) in [5.41, 5.74) is 6.36. The molecule has 5 N–H and O–H groups in total. The molecule has 0 aliphatic heterocycles. The van der Waals surface area contributed by atoms with Crippen molar-refractivity contribution in [1.82, 2.24) is 9.97 Å². The van der Waals surface area contributed by atoms with E-state index in [9.17, 15) is 10.2 Å². The summed E-state index contributed by atoms with van der Waals surface area (Å²) in [4.78, 5) is 7.75. The molecule has 6 nitrogen and oxygen atoms in total. The van der Waals surface area contributed by atoms with Crippen molar-refractivity contribution in [2.24, 2.45) is 0 Å². The lowest BCUT2D eigenvalue weighted by Crippen LogP contribution is -2.18. The number of rotatable bonds is 7. The smallest absolute Gasteiger partial charge is 0.104 e. The quantitative estimate of drug-likeness (QED) is 0.259. The van der Waals surface area contributed by atoms with Gasteiger partial charge in [0.25, 0.3) is 0 Å². The van der Waals surface area contributed by atoms with Gasteiger partial charge in [0.05, 0.1) is 16.8 Å². The van der Waals surface area contributed by atoms with Gasteiger partial charge in [-0.25, -0.2) is 0 Å². The van der Waals surface area contributed by atoms with E-state index in [1.165, 1.54) is 5.56 Å². The summed E-state index contributed by atoms with van der Waals surface area (Å²) in [6.45, 7) is 6.26. The van der Waals surface area contributed by atoms with Gasteiger partial charge >= 0.3 is 0 Å². The maximum atomic E-state index is 10.5. The molecule has 0 spiro atoms. The van der Waals surface area contributed by atoms with Crippen LogP contribution in [0.1, 0.15) is 49.6 Å². The average molecular weight is 457 g/mol. The van der Waals surface area contributed by atoms with Crippen molar-refractivity contribution < 1.29 is 10.2 Å². The SMILES string of the molecule is CC(C)(O)c1cccc2c(CCNc3ccc(Nc4ccnc5c4CCC5(C)O)cc3)c[nH]c12. The fourth-order valence-corrected chi connectivity index (χ4v) is 4.91. The number of nitrogens with zero attached hydrogens (tertiary/aromatic N) is 1. The first kappa shape index (κ1) is 22.4. The van der Waals surface area contributed by atoms with Crippen molar-refractivity contribution in [1.29, 1.82) is 0 Å². The van der Waals surface area contributed by atoms with Gasteiger partial charge in [0.2, 0.25) is 0 Å². The van der Waals surface area contributed by atoms with Gasteiger partial charge in [-0.1, -0.05) is 18.2 Å². The van der Waals surface area contributed by atoms with E-state index in [0.717, 1.165) is 64.2 Å². The second kappa shape index (κ2) is 8.46. The Bertz CT molecular complexity index is 1320. The average Bonchev–Trinajstić information content (AvgIpc) is 3.35. The van der Waals surface area contributed by atoms with E-state index in [2.05, 4.69) is 50.9 Å². The summed E-state index contributed by atoms with van der Waals surface area (Å²) in [5, 5.41) is 29.1. The van der Waals surface area contributed by atoms with Gasteiger partial charge in [0.1, 0.15) is 5.60 Å². The molecule has 0 fully saturated rings. The highest BCUT2D eigenvalue weighted by molar-refractivity contribution is 5.86. The molecule has 2 heterocycles. The number of fused-ring (bicyclic) bond motifs is 2. The highest BCUT2D eigenvalue weighted by Gasteiger charge is 2.34. The Morgan fingerprint density at radius 2 is 1.85 bits per heavy atom. The standard InChI is InChI=1S/C28H32N4O2/c1-27(2,33)23-6-4-5-21-18(17-31-25(21)23)12-15-29-19-7-9-20(10-8-19)32-24-13-16-30-26-22(24)11-14-28(26,3)34/h4-10,13,16-17,29,31,33-34H,11-12,14-15H2,1-3H3,(H,30,32). The summed E-state index contributed by atoms with van der Waals surface area (Å²) in [6.07, 6.45) is 6.19. The van der Waals surface area contributed by atoms with Crippen molar-refractivity contribution in [3.05, 3.63) is 83.3 Å². The number of benzene rings is 2. The highest BCUT2D eigenvalue weighted by Crippen LogP contribution is 2.39. The molecule has 1 aliphatic carbocycles. The third-order valence-corrected chi connectivity index (χ3v) is 6.78. The van der Waals surface area contributed by atoms with Gasteiger partial charge in [-0.05, 0) is 75.9 Å². The van der Waals surface area contributed by atoms with Crippen molar-refractivity contribution in [2.45, 2.75) is 51.2 Å². The fourth-order valence-electron chi connectivity index (χ4n) is 4.91. The van der Waals surface area contributed by atoms with Crippen molar-refractivity contribution >= 4 is 28.0 Å². The molecule has 0 bridgehead atoms. The molecule has 1 aliphatic rings. The van der Waals surface area contributed by atoms with Crippen LogP contribution in [0.15, 0.2) is 60.9 Å². The molecule has 2 aromatic carbocycles. The Morgan fingerprint density at radius 3 is 2.62 bits per heavy atom. The van der Waals surface area contributed by atoms with Crippen LogP contribution < -0.4 is 10.6 Å². The van der Waals surface area contributed by atoms with Gasteiger partial charge in [-0.15, -0.1) is 0 Å². The second-order valence-electron chi connectivity index (χ2n) is 9.94. The van der Waals surface area contributed by atoms with Crippen LogP contribution >= 0.6 is 0 Å². The molecule has 1 atom stereocenters. The molecular formula is C28H32N4O2. The molecule has 34 heavy (non-hydrogen) atoms. The summed E-state index contributed by atoms with van der Waals surface area (Å²) >= 11 is 0. The van der Waals surface area contributed by atoms with Gasteiger partial charge in [-0.3, -0.25) is 4.98 Å². The number of hydrogen-bond donors (Lipinski definition) is 5. The first-order valence-electron chi connectivity index (χ1n) is 11.9. The Balaban J connectivity index is 1.22. The van der Waals surface area contributed by atoms with Gasteiger partial charge in [-0.2, -0.15) is 0 Å². The first-order valence-corrected chi connectivity index (χ1v) is 11.9. The van der Waals surface area contributed by atoms with Crippen LogP contribution in [-0.2, 0) is 24.0 Å². The largest absolute Gasteiger partial charge is 0.386 e. The van der Waals surface area contributed by atoms with Crippen LogP contribution in [0.4, 0.5) is 17.1 Å². The zero-order chi connectivity index (χ0) is 23.9. The molecule has 0 saturated carbocycles. The number of nitrogens with one attached hydrogen (secondary N) is 3.